The van der Waals surface area contributed by atoms with Gasteiger partial charge in [-0.05, 0) is 13.3 Å². The van der Waals surface area contributed by atoms with Crippen LogP contribution in [0.2, 0.25) is 0 Å². The van der Waals surface area contributed by atoms with Gasteiger partial charge in [-0.3, -0.25) is 4.99 Å². The van der Waals surface area contributed by atoms with E-state index in [0.717, 1.165) is 12.0 Å². The lowest BCUT2D eigenvalue weighted by atomic mass is 10.1. The summed E-state index contributed by atoms with van der Waals surface area (Å²) in [6, 6.07) is -0.00176. The summed E-state index contributed by atoms with van der Waals surface area (Å²) < 4.78 is 0. The molecule has 0 aliphatic rings. The molecule has 0 rings (SSSR count). The van der Waals surface area contributed by atoms with Crippen molar-refractivity contribution in [2.45, 2.75) is 33.2 Å². The summed E-state index contributed by atoms with van der Waals surface area (Å²) in [5.74, 6) is 0.110. The highest BCUT2D eigenvalue weighted by molar-refractivity contribution is 5.75. The van der Waals surface area contributed by atoms with Gasteiger partial charge in [-0.1, -0.05) is 26.0 Å². The Balaban J connectivity index is 0. The molecule has 0 aliphatic heterocycles. The monoisotopic (exact) mass is 186 g/mol. The Bertz CT molecular complexity index is 159. The van der Waals surface area contributed by atoms with E-state index in [-0.39, 0.29) is 12.0 Å². The van der Waals surface area contributed by atoms with E-state index < -0.39 is 0 Å². The van der Waals surface area contributed by atoms with E-state index in [1.54, 1.807) is 0 Å². The number of hydrogen-bond donors (Lipinski definition) is 3. The molecule has 0 fully saturated rings. The van der Waals surface area contributed by atoms with Gasteiger partial charge in [-0.2, -0.15) is 0 Å². The molecule has 6 N–H and O–H groups in total. The quantitative estimate of drug-likeness (QED) is 0.341. The van der Waals surface area contributed by atoms with Crippen molar-refractivity contribution in [1.29, 1.82) is 0 Å². The fourth-order valence-corrected chi connectivity index (χ4v) is 0.579. The molecule has 1 unspecified atom stereocenters. The van der Waals surface area contributed by atoms with Crippen LogP contribution >= 0.6 is 0 Å². The van der Waals surface area contributed by atoms with Crippen LogP contribution in [0, 0.1) is 0 Å². The summed E-state index contributed by atoms with van der Waals surface area (Å²) in [7, 11) is 0. The second kappa shape index (κ2) is 9.06. The van der Waals surface area contributed by atoms with Crippen LogP contribution in [-0.4, -0.2) is 18.5 Å². The van der Waals surface area contributed by atoms with Crippen LogP contribution < -0.4 is 17.2 Å². The lowest BCUT2D eigenvalue weighted by molar-refractivity contribution is 0.700. The van der Waals surface area contributed by atoms with Crippen LogP contribution in [0.5, 0.6) is 0 Å². The van der Waals surface area contributed by atoms with Crippen molar-refractivity contribution in [1.82, 2.24) is 0 Å². The SMILES string of the molecule is C=C(C)C(N)CCN=C(N)N.CC. The summed E-state index contributed by atoms with van der Waals surface area (Å²) >= 11 is 0. The third-order valence-electron chi connectivity index (χ3n) is 1.37. The van der Waals surface area contributed by atoms with Crippen molar-refractivity contribution < 1.29 is 0 Å². The number of nitrogens with zero attached hydrogens (tertiary/aromatic N) is 1. The summed E-state index contributed by atoms with van der Waals surface area (Å²) in [6.07, 6.45) is 0.743. The van der Waals surface area contributed by atoms with Crippen molar-refractivity contribution in [2.24, 2.45) is 22.2 Å². The van der Waals surface area contributed by atoms with Crippen LogP contribution in [0.3, 0.4) is 0 Å². The fourth-order valence-electron chi connectivity index (χ4n) is 0.579. The number of aliphatic imine (C=N–C) groups is 1. The van der Waals surface area contributed by atoms with Crippen LogP contribution in [-0.2, 0) is 0 Å². The molecule has 0 bridgehead atoms. The molecule has 0 spiro atoms. The average Bonchev–Trinajstić information content (AvgIpc) is 2.07. The molecule has 0 heterocycles. The van der Waals surface area contributed by atoms with Gasteiger partial charge >= 0.3 is 0 Å². The van der Waals surface area contributed by atoms with Gasteiger partial charge in [0.05, 0.1) is 0 Å². The largest absolute Gasteiger partial charge is 0.370 e. The first-order chi connectivity index (χ1) is 6.04. The molecule has 0 radical (unpaired) electrons. The minimum atomic E-state index is -0.00176. The van der Waals surface area contributed by atoms with Gasteiger partial charge in [0.1, 0.15) is 0 Å². The van der Waals surface area contributed by atoms with Crippen molar-refractivity contribution in [3.8, 4) is 0 Å². The number of guanidine groups is 1. The number of hydrogen-bond acceptors (Lipinski definition) is 2. The van der Waals surface area contributed by atoms with Crippen molar-refractivity contribution in [3.63, 3.8) is 0 Å². The highest BCUT2D eigenvalue weighted by Gasteiger charge is 2.00. The Labute approximate surface area is 80.9 Å². The third-order valence-corrected chi connectivity index (χ3v) is 1.37. The van der Waals surface area contributed by atoms with Crippen LogP contribution in [0.15, 0.2) is 17.1 Å². The van der Waals surface area contributed by atoms with E-state index in [0.29, 0.717) is 6.54 Å². The zero-order valence-electron chi connectivity index (χ0n) is 8.88. The normalized spacial score (nSPS) is 10.8. The predicted molar refractivity (Wildman–Crippen MR) is 59.4 cm³/mol. The maximum Gasteiger partial charge on any atom is 0.185 e. The molecule has 13 heavy (non-hydrogen) atoms. The Hall–Kier alpha value is -1.03. The van der Waals surface area contributed by atoms with Gasteiger partial charge < -0.3 is 17.2 Å². The second-order valence-electron chi connectivity index (χ2n) is 2.55. The van der Waals surface area contributed by atoms with Gasteiger partial charge in [0.15, 0.2) is 5.96 Å². The van der Waals surface area contributed by atoms with Gasteiger partial charge in [-0.25, -0.2) is 0 Å². The zero-order chi connectivity index (χ0) is 10.9. The van der Waals surface area contributed by atoms with Crippen LogP contribution in [0.4, 0.5) is 0 Å². The Morgan fingerprint density at radius 2 is 1.85 bits per heavy atom. The predicted octanol–water partition coefficient (Wildman–Crippen LogP) is 0.580. The lowest BCUT2D eigenvalue weighted by Gasteiger charge is -2.08. The van der Waals surface area contributed by atoms with Crippen LogP contribution in [0.25, 0.3) is 0 Å². The maximum atomic E-state index is 5.65. The first-order valence-electron chi connectivity index (χ1n) is 4.50. The molecule has 0 saturated carbocycles. The van der Waals surface area contributed by atoms with Crippen molar-refractivity contribution >= 4 is 5.96 Å². The van der Waals surface area contributed by atoms with E-state index in [1.165, 1.54) is 0 Å². The van der Waals surface area contributed by atoms with E-state index in [1.807, 2.05) is 20.8 Å². The standard InChI is InChI=1S/C7H16N4.C2H6/c1-5(2)6(8)3-4-11-7(9)10;1-2/h6H,1,3-4,8H2,2H3,(H4,9,10,11);1-2H3. The highest BCUT2D eigenvalue weighted by Crippen LogP contribution is 1.98. The van der Waals surface area contributed by atoms with Gasteiger partial charge in [0.25, 0.3) is 0 Å². The number of nitrogens with two attached hydrogens (primary N) is 3. The Morgan fingerprint density at radius 1 is 1.38 bits per heavy atom. The van der Waals surface area contributed by atoms with E-state index in [2.05, 4.69) is 11.6 Å². The molecule has 0 amide bonds. The number of rotatable bonds is 4. The second-order valence-corrected chi connectivity index (χ2v) is 2.55. The Kier molecular flexibility index (Phi) is 10.1. The molecular formula is C9H22N4. The summed E-state index contributed by atoms with van der Waals surface area (Å²) in [5.41, 5.74) is 16.8. The highest BCUT2D eigenvalue weighted by atomic mass is 15.0. The van der Waals surface area contributed by atoms with E-state index in [9.17, 15) is 0 Å². The minimum absolute atomic E-state index is 0.00176. The molecule has 4 heteroatoms. The molecule has 0 aromatic rings. The van der Waals surface area contributed by atoms with Crippen LogP contribution in [0.1, 0.15) is 27.2 Å². The molecule has 0 aromatic heterocycles. The first-order valence-corrected chi connectivity index (χ1v) is 4.50. The smallest absolute Gasteiger partial charge is 0.185 e. The Morgan fingerprint density at radius 3 is 2.15 bits per heavy atom. The van der Waals surface area contributed by atoms with E-state index in [4.69, 9.17) is 17.2 Å². The first kappa shape index (κ1) is 14.5. The molecule has 0 saturated heterocycles. The molecule has 0 aromatic carbocycles. The third kappa shape index (κ3) is 11.0. The zero-order valence-corrected chi connectivity index (χ0v) is 8.88. The molecule has 4 nitrogen and oxygen atoms in total. The lowest BCUT2D eigenvalue weighted by Crippen LogP contribution is -2.25. The average molecular weight is 186 g/mol. The molecular weight excluding hydrogens is 164 g/mol. The van der Waals surface area contributed by atoms with Crippen molar-refractivity contribution in [3.05, 3.63) is 12.2 Å². The summed E-state index contributed by atoms with van der Waals surface area (Å²) in [5, 5.41) is 0. The minimum Gasteiger partial charge on any atom is -0.370 e. The summed E-state index contributed by atoms with van der Waals surface area (Å²) in [6.45, 7) is 10.2. The maximum absolute atomic E-state index is 5.65. The molecule has 78 valence electrons. The van der Waals surface area contributed by atoms with Gasteiger partial charge in [0.2, 0.25) is 0 Å². The molecule has 0 aliphatic carbocycles. The fraction of sp³-hybridized carbons (Fsp3) is 0.667. The topological polar surface area (TPSA) is 90.4 Å². The van der Waals surface area contributed by atoms with Crippen molar-refractivity contribution in [2.75, 3.05) is 6.54 Å². The van der Waals surface area contributed by atoms with Gasteiger partial charge in [-0.15, -0.1) is 0 Å². The molecule has 1 atom stereocenters. The summed E-state index contributed by atoms with van der Waals surface area (Å²) in [4.78, 5) is 3.80. The van der Waals surface area contributed by atoms with Gasteiger partial charge in [0, 0.05) is 12.6 Å². The van der Waals surface area contributed by atoms with E-state index >= 15 is 0 Å².